The molecule has 0 aliphatic heterocycles. The first kappa shape index (κ1) is 25.9. The van der Waals surface area contributed by atoms with E-state index < -0.39 is 6.04 Å². The lowest BCUT2D eigenvalue weighted by atomic mass is 10.00. The van der Waals surface area contributed by atoms with Crippen molar-refractivity contribution in [1.29, 1.82) is 0 Å². The largest absolute Gasteiger partial charge is 0.348 e. The van der Waals surface area contributed by atoms with Crippen molar-refractivity contribution in [3.8, 4) is 23.0 Å². The van der Waals surface area contributed by atoms with E-state index in [1.165, 1.54) is 11.1 Å². The second kappa shape index (κ2) is 12.6. The van der Waals surface area contributed by atoms with Gasteiger partial charge in [0.15, 0.2) is 5.78 Å². The minimum absolute atomic E-state index is 0. The minimum Gasteiger partial charge on any atom is -0.348 e. The molecule has 4 nitrogen and oxygen atoms in total. The van der Waals surface area contributed by atoms with Gasteiger partial charge in [0.05, 0.1) is 12.4 Å². The summed E-state index contributed by atoms with van der Waals surface area (Å²) in [5, 5.41) is 0. The Morgan fingerprint density at radius 2 is 1.42 bits per heavy atom. The van der Waals surface area contributed by atoms with E-state index in [0.717, 1.165) is 22.4 Å². The van der Waals surface area contributed by atoms with Gasteiger partial charge >= 0.3 is 0 Å². The summed E-state index contributed by atoms with van der Waals surface area (Å²) in [5.41, 5.74) is 12.1. The molecule has 33 heavy (non-hydrogen) atoms. The zero-order valence-corrected chi connectivity index (χ0v) is 19.5. The Hall–Kier alpha value is -3.36. The number of hydrogen-bond donors (Lipinski definition) is 2. The van der Waals surface area contributed by atoms with Gasteiger partial charge in [0.1, 0.15) is 0 Å². The number of hydrogen-bond acceptors (Lipinski definition) is 3. The molecule has 0 unspecified atom stereocenters. The number of nitrogens with two attached hydrogens (primary N) is 1. The van der Waals surface area contributed by atoms with Gasteiger partial charge in [0.2, 0.25) is 0 Å². The predicted octanol–water partition coefficient (Wildman–Crippen LogP) is 5.00. The van der Waals surface area contributed by atoms with Gasteiger partial charge in [-0.25, -0.2) is 4.98 Å². The van der Waals surface area contributed by atoms with Gasteiger partial charge in [0, 0.05) is 35.9 Å². The number of nitrogens with one attached hydrogen (secondary N) is 1. The molecule has 3 N–H and O–H groups in total. The van der Waals surface area contributed by atoms with Gasteiger partial charge in [-0.05, 0) is 41.0 Å². The molecule has 6 heteroatoms. The highest BCUT2D eigenvalue weighted by Gasteiger charge is 2.15. The highest BCUT2D eigenvalue weighted by atomic mass is 35.5. The van der Waals surface area contributed by atoms with E-state index in [0.29, 0.717) is 12.8 Å². The molecule has 1 atom stereocenters. The topological polar surface area (TPSA) is 71.8 Å². The van der Waals surface area contributed by atoms with E-state index in [1.54, 1.807) is 12.5 Å². The van der Waals surface area contributed by atoms with Crippen molar-refractivity contribution in [2.45, 2.75) is 18.9 Å². The van der Waals surface area contributed by atoms with E-state index in [4.69, 9.17) is 5.73 Å². The molecule has 4 aromatic rings. The highest BCUT2D eigenvalue weighted by Crippen LogP contribution is 2.19. The zero-order chi connectivity index (χ0) is 21.5. The maximum Gasteiger partial charge on any atom is 0.154 e. The quantitative estimate of drug-likeness (QED) is 0.383. The van der Waals surface area contributed by atoms with Crippen molar-refractivity contribution < 1.29 is 4.79 Å². The van der Waals surface area contributed by atoms with Crippen LogP contribution in [0.25, 0.3) is 11.1 Å². The summed E-state index contributed by atoms with van der Waals surface area (Å²) in [5.74, 6) is 6.39. The molecule has 3 aromatic carbocycles. The smallest absolute Gasteiger partial charge is 0.154 e. The SMILES string of the molecule is Cl.Cl.N[C@@H](Cc1cnc[nH]1)C(=O)Cc1ccc(C#Cc2ccc(-c3ccccc3)cc2)cc1. The van der Waals surface area contributed by atoms with E-state index in [2.05, 4.69) is 46.1 Å². The van der Waals surface area contributed by atoms with Gasteiger partial charge < -0.3 is 10.7 Å². The first-order chi connectivity index (χ1) is 15.2. The molecule has 4 rings (SSSR count). The highest BCUT2D eigenvalue weighted by molar-refractivity contribution is 5.86. The van der Waals surface area contributed by atoms with Crippen LogP contribution in [0.1, 0.15) is 22.4 Å². The van der Waals surface area contributed by atoms with Crippen molar-refractivity contribution in [2.24, 2.45) is 5.73 Å². The number of imidazole rings is 1. The molecule has 1 heterocycles. The Labute approximate surface area is 206 Å². The van der Waals surface area contributed by atoms with Crippen molar-refractivity contribution in [3.05, 3.63) is 114 Å². The molecule has 0 radical (unpaired) electrons. The lowest BCUT2D eigenvalue weighted by Gasteiger charge is -2.09. The van der Waals surface area contributed by atoms with Crippen molar-refractivity contribution in [2.75, 3.05) is 0 Å². The van der Waals surface area contributed by atoms with Crippen LogP contribution >= 0.6 is 24.8 Å². The maximum absolute atomic E-state index is 12.4. The number of nitrogens with zero attached hydrogens (tertiary/aromatic N) is 1. The van der Waals surface area contributed by atoms with Crippen LogP contribution in [-0.4, -0.2) is 21.8 Å². The molecule has 0 fully saturated rings. The molecule has 0 bridgehead atoms. The molecule has 168 valence electrons. The van der Waals surface area contributed by atoms with Crippen molar-refractivity contribution in [1.82, 2.24) is 9.97 Å². The number of Topliss-reactive ketones (excluding diaryl/α,β-unsaturated/α-hetero) is 1. The Morgan fingerprint density at radius 1 is 0.848 bits per heavy atom. The predicted molar refractivity (Wildman–Crippen MR) is 138 cm³/mol. The average Bonchev–Trinajstić information content (AvgIpc) is 3.32. The molecule has 0 saturated heterocycles. The van der Waals surface area contributed by atoms with Gasteiger partial charge in [0.25, 0.3) is 0 Å². The second-order valence-corrected chi connectivity index (χ2v) is 7.42. The Balaban J connectivity index is 0.00000193. The van der Waals surface area contributed by atoms with Crippen LogP contribution in [0.3, 0.4) is 0 Å². The van der Waals surface area contributed by atoms with E-state index in [9.17, 15) is 4.79 Å². The molecule has 0 amide bonds. The third kappa shape index (κ3) is 7.34. The number of H-pyrrole nitrogens is 1. The van der Waals surface area contributed by atoms with E-state index in [1.807, 2.05) is 54.6 Å². The summed E-state index contributed by atoms with van der Waals surface area (Å²) in [7, 11) is 0. The summed E-state index contributed by atoms with van der Waals surface area (Å²) in [4.78, 5) is 19.3. The number of carbonyl (C=O) groups is 1. The monoisotopic (exact) mass is 477 g/mol. The number of ketones is 1. The summed E-state index contributed by atoms with van der Waals surface area (Å²) in [6.45, 7) is 0. The average molecular weight is 478 g/mol. The summed E-state index contributed by atoms with van der Waals surface area (Å²) >= 11 is 0. The first-order valence-corrected chi connectivity index (χ1v) is 10.2. The van der Waals surface area contributed by atoms with Crippen LogP contribution in [0.2, 0.25) is 0 Å². The number of rotatable bonds is 6. The lowest BCUT2D eigenvalue weighted by Crippen LogP contribution is -2.34. The van der Waals surface area contributed by atoms with Crippen LogP contribution < -0.4 is 5.73 Å². The molecular weight excluding hydrogens is 453 g/mol. The summed E-state index contributed by atoms with van der Waals surface area (Å²) in [6.07, 6.45) is 4.05. The minimum atomic E-state index is -0.543. The van der Waals surface area contributed by atoms with Crippen molar-refractivity contribution >= 4 is 30.6 Å². The molecular formula is C27H25Cl2N3O. The van der Waals surface area contributed by atoms with Crippen LogP contribution in [0.5, 0.6) is 0 Å². The number of carbonyl (C=O) groups excluding carboxylic acids is 1. The normalized spacial score (nSPS) is 10.7. The molecule has 0 spiro atoms. The van der Waals surface area contributed by atoms with Crippen molar-refractivity contribution in [3.63, 3.8) is 0 Å². The van der Waals surface area contributed by atoms with Gasteiger partial charge in [-0.3, -0.25) is 4.79 Å². The molecule has 0 aliphatic carbocycles. The Kier molecular flexibility index (Phi) is 9.90. The number of benzene rings is 3. The number of halogens is 2. The van der Waals surface area contributed by atoms with E-state index >= 15 is 0 Å². The summed E-state index contributed by atoms with van der Waals surface area (Å²) in [6, 6.07) is 25.7. The molecule has 1 aromatic heterocycles. The Morgan fingerprint density at radius 3 is 2.00 bits per heavy atom. The number of aromatic nitrogens is 2. The van der Waals surface area contributed by atoms with Crippen LogP contribution in [0.4, 0.5) is 0 Å². The third-order valence-electron chi connectivity index (χ3n) is 5.08. The van der Waals surface area contributed by atoms with Gasteiger partial charge in [-0.1, -0.05) is 66.4 Å². The Bertz CT molecular complexity index is 1190. The number of aromatic amines is 1. The zero-order valence-electron chi connectivity index (χ0n) is 17.9. The third-order valence-corrected chi connectivity index (χ3v) is 5.08. The second-order valence-electron chi connectivity index (χ2n) is 7.42. The standard InChI is InChI=1S/C27H23N3O.2ClH/c28-26(17-25-18-29-19-30-25)27(31)16-22-10-8-20(9-11-22)6-7-21-12-14-24(15-13-21)23-4-2-1-3-5-23;;/h1-5,8-15,18-19,26H,16-17,28H2,(H,29,30);2*1H/t26-;;/m0../s1. The van der Waals surface area contributed by atoms with E-state index in [-0.39, 0.29) is 30.6 Å². The van der Waals surface area contributed by atoms with Gasteiger partial charge in [-0.15, -0.1) is 24.8 Å². The van der Waals surface area contributed by atoms with Gasteiger partial charge in [-0.2, -0.15) is 0 Å². The molecule has 0 saturated carbocycles. The van der Waals surface area contributed by atoms with Crippen LogP contribution in [0, 0.1) is 11.8 Å². The van der Waals surface area contributed by atoms with Crippen LogP contribution in [-0.2, 0) is 17.6 Å². The lowest BCUT2D eigenvalue weighted by molar-refractivity contribution is -0.119. The molecule has 0 aliphatic rings. The first-order valence-electron chi connectivity index (χ1n) is 10.2. The fraction of sp³-hybridized carbons (Fsp3) is 0.111. The summed E-state index contributed by atoms with van der Waals surface area (Å²) < 4.78 is 0. The van der Waals surface area contributed by atoms with Crippen LogP contribution in [0.15, 0.2) is 91.4 Å². The maximum atomic E-state index is 12.4. The fourth-order valence-electron chi connectivity index (χ4n) is 3.31. The fourth-order valence-corrected chi connectivity index (χ4v) is 3.31.